The van der Waals surface area contributed by atoms with Crippen LogP contribution in [0.15, 0.2) is 12.1 Å². The molecule has 25 heavy (non-hydrogen) atoms. The lowest BCUT2D eigenvalue weighted by Gasteiger charge is -2.32. The summed E-state index contributed by atoms with van der Waals surface area (Å²) in [5.41, 5.74) is 0.834. The second-order valence-corrected chi connectivity index (χ2v) is 7.43. The van der Waals surface area contributed by atoms with E-state index in [4.69, 9.17) is 9.47 Å². The highest BCUT2D eigenvalue weighted by atomic mass is 16.7. The first-order valence-electron chi connectivity index (χ1n) is 9.08. The molecule has 0 aliphatic carbocycles. The lowest BCUT2D eigenvalue weighted by atomic mass is 9.94. The summed E-state index contributed by atoms with van der Waals surface area (Å²) in [4.78, 5) is 14.6. The third-order valence-corrected chi connectivity index (χ3v) is 5.30. The number of fused-ring (bicyclic) bond motifs is 1. The van der Waals surface area contributed by atoms with Gasteiger partial charge in [0.15, 0.2) is 11.5 Å². The Morgan fingerprint density at radius 1 is 1.24 bits per heavy atom. The van der Waals surface area contributed by atoms with E-state index in [1.54, 1.807) is 6.07 Å². The molecule has 0 spiro atoms. The number of ether oxygens (including phenoxy) is 2. The van der Waals surface area contributed by atoms with Crippen molar-refractivity contribution in [2.75, 3.05) is 19.9 Å². The first kappa shape index (κ1) is 17.9. The Bertz CT molecular complexity index is 624. The Morgan fingerprint density at radius 3 is 2.52 bits per heavy atom. The van der Waals surface area contributed by atoms with Gasteiger partial charge in [0.25, 0.3) is 0 Å². The fraction of sp³-hybridized carbons (Fsp3) is 0.632. The Hall–Kier alpha value is -1.95. The van der Waals surface area contributed by atoms with E-state index in [0.29, 0.717) is 24.0 Å². The standard InChI is InChI=1S/C19H28N2O4/c1-12(2)13(3)20-19(23)14-4-6-21(7-5-14)10-15-8-17-18(9-16(15)22)25-11-24-17/h8-9,12-14,22H,4-7,10-11H2,1-3H3,(H,20,23)/t13-/m0/s1. The van der Waals surface area contributed by atoms with Crippen molar-refractivity contribution in [3.63, 3.8) is 0 Å². The number of piperidine rings is 1. The fourth-order valence-corrected chi connectivity index (χ4v) is 3.20. The van der Waals surface area contributed by atoms with E-state index in [1.807, 2.05) is 6.07 Å². The first-order chi connectivity index (χ1) is 11.9. The topological polar surface area (TPSA) is 71.0 Å². The molecule has 138 valence electrons. The average Bonchev–Trinajstić information content (AvgIpc) is 3.02. The average molecular weight is 348 g/mol. The van der Waals surface area contributed by atoms with Crippen molar-refractivity contribution in [2.24, 2.45) is 11.8 Å². The van der Waals surface area contributed by atoms with E-state index in [1.165, 1.54) is 0 Å². The molecule has 1 aromatic carbocycles. The number of nitrogens with zero attached hydrogens (tertiary/aromatic N) is 1. The molecule has 1 aromatic rings. The molecule has 3 rings (SSSR count). The minimum atomic E-state index is 0.0859. The lowest BCUT2D eigenvalue weighted by Crippen LogP contribution is -2.44. The molecular formula is C19H28N2O4. The molecule has 0 aromatic heterocycles. The molecule has 1 amide bonds. The van der Waals surface area contributed by atoms with Crippen molar-refractivity contribution in [2.45, 2.75) is 46.2 Å². The molecule has 1 atom stereocenters. The van der Waals surface area contributed by atoms with Crippen LogP contribution in [0.5, 0.6) is 17.2 Å². The number of rotatable bonds is 5. The van der Waals surface area contributed by atoms with E-state index in [9.17, 15) is 9.90 Å². The van der Waals surface area contributed by atoms with Crippen LogP contribution in [0.4, 0.5) is 0 Å². The Labute approximate surface area is 149 Å². The third kappa shape index (κ3) is 4.18. The van der Waals surface area contributed by atoms with Gasteiger partial charge in [-0.1, -0.05) is 13.8 Å². The van der Waals surface area contributed by atoms with E-state index >= 15 is 0 Å². The molecule has 1 saturated heterocycles. The highest BCUT2D eigenvalue weighted by Crippen LogP contribution is 2.38. The zero-order valence-electron chi connectivity index (χ0n) is 15.2. The molecule has 0 radical (unpaired) electrons. The van der Waals surface area contributed by atoms with Gasteiger partial charge in [-0.15, -0.1) is 0 Å². The van der Waals surface area contributed by atoms with Gasteiger partial charge in [-0.05, 0) is 44.8 Å². The summed E-state index contributed by atoms with van der Waals surface area (Å²) >= 11 is 0. The van der Waals surface area contributed by atoms with Crippen LogP contribution in [-0.4, -0.2) is 41.8 Å². The van der Waals surface area contributed by atoms with Crippen molar-refractivity contribution >= 4 is 5.91 Å². The van der Waals surface area contributed by atoms with Crippen LogP contribution in [0.25, 0.3) is 0 Å². The number of likely N-dealkylation sites (tertiary alicyclic amines) is 1. The molecule has 0 unspecified atom stereocenters. The van der Waals surface area contributed by atoms with Crippen LogP contribution in [0.1, 0.15) is 39.2 Å². The van der Waals surface area contributed by atoms with Crippen molar-refractivity contribution < 1.29 is 19.4 Å². The molecule has 0 saturated carbocycles. The smallest absolute Gasteiger partial charge is 0.231 e. The highest BCUT2D eigenvalue weighted by molar-refractivity contribution is 5.79. The lowest BCUT2D eigenvalue weighted by molar-refractivity contribution is -0.127. The molecule has 6 nitrogen and oxygen atoms in total. The maximum atomic E-state index is 12.4. The second kappa shape index (κ2) is 7.52. The van der Waals surface area contributed by atoms with Crippen LogP contribution in [-0.2, 0) is 11.3 Å². The van der Waals surface area contributed by atoms with Gasteiger partial charge in [0.1, 0.15) is 5.75 Å². The van der Waals surface area contributed by atoms with E-state index in [0.717, 1.165) is 31.5 Å². The molecule has 0 bridgehead atoms. The monoisotopic (exact) mass is 348 g/mol. The molecule has 6 heteroatoms. The number of benzene rings is 1. The molecule has 2 heterocycles. The Morgan fingerprint density at radius 2 is 1.88 bits per heavy atom. The van der Waals surface area contributed by atoms with Crippen LogP contribution in [0.3, 0.4) is 0 Å². The van der Waals surface area contributed by atoms with E-state index < -0.39 is 0 Å². The van der Waals surface area contributed by atoms with Crippen LogP contribution in [0, 0.1) is 11.8 Å². The molecule has 1 fully saturated rings. The normalized spacial score (nSPS) is 19.2. The minimum Gasteiger partial charge on any atom is -0.507 e. The summed E-state index contributed by atoms with van der Waals surface area (Å²) in [7, 11) is 0. The maximum Gasteiger partial charge on any atom is 0.231 e. The largest absolute Gasteiger partial charge is 0.507 e. The molecule has 2 aliphatic rings. The number of aromatic hydroxyl groups is 1. The summed E-state index contributed by atoms with van der Waals surface area (Å²) in [6, 6.07) is 3.67. The van der Waals surface area contributed by atoms with Gasteiger partial charge in [-0.2, -0.15) is 0 Å². The molecule has 2 N–H and O–H groups in total. The van der Waals surface area contributed by atoms with Crippen molar-refractivity contribution in [1.29, 1.82) is 0 Å². The van der Waals surface area contributed by atoms with Gasteiger partial charge in [0, 0.05) is 30.1 Å². The summed E-state index contributed by atoms with van der Waals surface area (Å²) < 4.78 is 10.7. The number of carbonyl (C=O) groups is 1. The fourth-order valence-electron chi connectivity index (χ4n) is 3.20. The van der Waals surface area contributed by atoms with Gasteiger partial charge in [0.2, 0.25) is 12.7 Å². The quantitative estimate of drug-likeness (QED) is 0.855. The Kier molecular flexibility index (Phi) is 5.37. The number of hydrogen-bond donors (Lipinski definition) is 2. The SMILES string of the molecule is CC(C)[C@H](C)NC(=O)C1CCN(Cc2cc3c(cc2O)OCO3)CC1. The van der Waals surface area contributed by atoms with Gasteiger partial charge < -0.3 is 19.9 Å². The van der Waals surface area contributed by atoms with Crippen LogP contribution in [0.2, 0.25) is 0 Å². The number of amides is 1. The number of phenols is 1. The summed E-state index contributed by atoms with van der Waals surface area (Å²) in [5, 5.41) is 13.3. The maximum absolute atomic E-state index is 12.4. The minimum absolute atomic E-state index is 0.0859. The second-order valence-electron chi connectivity index (χ2n) is 7.43. The predicted octanol–water partition coefficient (Wildman–Crippen LogP) is 2.49. The summed E-state index contributed by atoms with van der Waals surface area (Å²) in [5.74, 6) is 2.21. The van der Waals surface area contributed by atoms with Crippen molar-refractivity contribution in [3.8, 4) is 17.2 Å². The van der Waals surface area contributed by atoms with Gasteiger partial charge in [-0.3, -0.25) is 9.69 Å². The van der Waals surface area contributed by atoms with Gasteiger partial charge >= 0.3 is 0 Å². The van der Waals surface area contributed by atoms with Crippen LogP contribution >= 0.6 is 0 Å². The molecule has 2 aliphatic heterocycles. The first-order valence-corrected chi connectivity index (χ1v) is 9.08. The summed E-state index contributed by atoms with van der Waals surface area (Å²) in [6.07, 6.45) is 1.70. The highest BCUT2D eigenvalue weighted by Gasteiger charge is 2.27. The number of phenolic OH excluding ortho intramolecular Hbond substituents is 1. The Balaban J connectivity index is 1.52. The van der Waals surface area contributed by atoms with Crippen LogP contribution < -0.4 is 14.8 Å². The van der Waals surface area contributed by atoms with Crippen molar-refractivity contribution in [1.82, 2.24) is 10.2 Å². The van der Waals surface area contributed by atoms with Gasteiger partial charge in [0.05, 0.1) is 0 Å². The number of hydrogen-bond acceptors (Lipinski definition) is 5. The number of nitrogens with one attached hydrogen (secondary N) is 1. The van der Waals surface area contributed by atoms with Gasteiger partial charge in [-0.25, -0.2) is 0 Å². The third-order valence-electron chi connectivity index (χ3n) is 5.30. The zero-order chi connectivity index (χ0) is 18.0. The number of carbonyl (C=O) groups excluding carboxylic acids is 1. The van der Waals surface area contributed by atoms with E-state index in [2.05, 4.69) is 31.0 Å². The van der Waals surface area contributed by atoms with Crippen molar-refractivity contribution in [3.05, 3.63) is 17.7 Å². The predicted molar refractivity (Wildman–Crippen MR) is 94.7 cm³/mol. The zero-order valence-corrected chi connectivity index (χ0v) is 15.2. The van der Waals surface area contributed by atoms with E-state index in [-0.39, 0.29) is 30.4 Å². The molecular weight excluding hydrogens is 320 g/mol. The summed E-state index contributed by atoms with van der Waals surface area (Å²) in [6.45, 7) is 8.84.